The SMILES string of the molecule is C=C(C1=c2cc(CC)c3c(c2Oc2c1cc1c4c2CCCN4CCC1)CCC[N+]=3C)/C(=C\C(C)=C/CC)C(=O)O. The van der Waals surface area contributed by atoms with Gasteiger partial charge >= 0.3 is 5.97 Å². The van der Waals surface area contributed by atoms with E-state index in [1.807, 2.05) is 6.92 Å². The van der Waals surface area contributed by atoms with Crippen molar-refractivity contribution in [2.45, 2.75) is 72.1 Å². The van der Waals surface area contributed by atoms with Gasteiger partial charge in [-0.3, -0.25) is 0 Å². The van der Waals surface area contributed by atoms with Crippen LogP contribution in [0.4, 0.5) is 5.69 Å². The minimum absolute atomic E-state index is 0.247. The fourth-order valence-corrected chi connectivity index (χ4v) is 7.38. The van der Waals surface area contributed by atoms with Crippen LogP contribution in [-0.2, 0) is 30.5 Å². The van der Waals surface area contributed by atoms with Crippen molar-refractivity contribution in [3.05, 3.63) is 86.0 Å². The molecule has 5 nitrogen and oxygen atoms in total. The number of carbonyl (C=O) groups is 1. The summed E-state index contributed by atoms with van der Waals surface area (Å²) in [5, 5.41) is 12.7. The Labute approximate surface area is 237 Å². The zero-order valence-electron chi connectivity index (χ0n) is 24.5. The van der Waals surface area contributed by atoms with Crippen LogP contribution in [0.15, 0.2) is 47.6 Å². The van der Waals surface area contributed by atoms with Gasteiger partial charge in [0.2, 0.25) is 5.36 Å². The van der Waals surface area contributed by atoms with Gasteiger partial charge in [0.15, 0.2) is 0 Å². The fourth-order valence-electron chi connectivity index (χ4n) is 7.38. The van der Waals surface area contributed by atoms with Crippen molar-refractivity contribution in [2.75, 3.05) is 31.6 Å². The Morgan fingerprint density at radius 3 is 2.58 bits per heavy atom. The molecule has 0 saturated carbocycles. The lowest BCUT2D eigenvalue weighted by Crippen LogP contribution is -2.40. The van der Waals surface area contributed by atoms with Gasteiger partial charge in [0.05, 0.1) is 11.1 Å². The summed E-state index contributed by atoms with van der Waals surface area (Å²) in [6.45, 7) is 13.9. The molecule has 0 atom stereocenters. The predicted molar refractivity (Wildman–Crippen MR) is 162 cm³/mol. The standard InChI is InChI=1S/C35H40N2O3/c1-6-11-21(3)18-27(35(38)39)22(4)30-28-19-23(7-2)31-25(13-9-15-36(31)5)33(28)40-34-26-14-10-17-37-16-8-12-24(32(26)37)20-29(30)34/h11,18-20H,4,6-10,12-17H2,1-3,5H3/p+1/b21-11-,27-18+. The maximum atomic E-state index is 12.7. The van der Waals surface area contributed by atoms with Crippen LogP contribution in [0.1, 0.15) is 74.3 Å². The number of fused-ring (bicyclic) bond motifs is 5. The van der Waals surface area contributed by atoms with Crippen molar-refractivity contribution < 1.29 is 14.6 Å². The number of carboxylic acid groups (broad SMARTS) is 1. The van der Waals surface area contributed by atoms with Crippen molar-refractivity contribution in [1.82, 2.24) is 4.58 Å². The van der Waals surface area contributed by atoms with Crippen LogP contribution in [0.5, 0.6) is 11.5 Å². The Balaban J connectivity index is 1.73. The molecule has 208 valence electrons. The summed E-state index contributed by atoms with van der Waals surface area (Å²) in [5.74, 6) is 0.867. The van der Waals surface area contributed by atoms with Gasteiger partial charge in [0, 0.05) is 52.7 Å². The molecule has 6 rings (SSSR count). The summed E-state index contributed by atoms with van der Waals surface area (Å²) in [6.07, 6.45) is 11.9. The van der Waals surface area contributed by atoms with Gasteiger partial charge in [-0.25, -0.2) is 9.37 Å². The second-order valence-corrected chi connectivity index (χ2v) is 11.7. The number of aliphatic carboxylic acids is 1. The van der Waals surface area contributed by atoms with E-state index in [1.165, 1.54) is 33.3 Å². The van der Waals surface area contributed by atoms with Gasteiger partial charge < -0.3 is 14.7 Å². The number of anilines is 1. The Kier molecular flexibility index (Phi) is 6.93. The monoisotopic (exact) mass is 537 g/mol. The highest BCUT2D eigenvalue weighted by Crippen LogP contribution is 2.48. The topological polar surface area (TPSA) is 52.8 Å². The molecular weight excluding hydrogens is 496 g/mol. The van der Waals surface area contributed by atoms with Crippen LogP contribution in [0.25, 0.3) is 5.57 Å². The number of hydrogen-bond donors (Lipinski definition) is 1. The third-order valence-corrected chi connectivity index (χ3v) is 9.08. The molecular formula is C35H41N2O3+. The first-order valence-electron chi connectivity index (χ1n) is 15.0. The Bertz CT molecular complexity index is 1640. The predicted octanol–water partition coefficient (Wildman–Crippen LogP) is 5.24. The number of benzene rings is 2. The highest BCUT2D eigenvalue weighted by molar-refractivity contribution is 6.02. The van der Waals surface area contributed by atoms with Crippen LogP contribution in [0.2, 0.25) is 0 Å². The number of rotatable bonds is 6. The van der Waals surface area contributed by atoms with Crippen LogP contribution in [-0.4, -0.2) is 37.8 Å². The lowest BCUT2D eigenvalue weighted by atomic mass is 9.81. The molecule has 0 unspecified atom stereocenters. The van der Waals surface area contributed by atoms with Gasteiger partial charge in [0.25, 0.3) is 0 Å². The van der Waals surface area contributed by atoms with Crippen molar-refractivity contribution in [3.8, 4) is 11.5 Å². The number of ether oxygens (including phenoxy) is 1. The molecule has 1 N–H and O–H groups in total. The largest absolute Gasteiger partial charge is 0.478 e. The molecule has 0 radical (unpaired) electrons. The van der Waals surface area contributed by atoms with Crippen LogP contribution in [0, 0.1) is 0 Å². The molecule has 40 heavy (non-hydrogen) atoms. The molecule has 0 spiro atoms. The van der Waals surface area contributed by atoms with Gasteiger partial charge in [-0.15, -0.1) is 0 Å². The molecule has 0 aromatic heterocycles. The summed E-state index contributed by atoms with van der Waals surface area (Å²) in [5.41, 5.74) is 10.2. The van der Waals surface area contributed by atoms with E-state index >= 15 is 0 Å². The summed E-state index contributed by atoms with van der Waals surface area (Å²) >= 11 is 0. The maximum absolute atomic E-state index is 12.7. The van der Waals surface area contributed by atoms with Crippen LogP contribution in [0.3, 0.4) is 0 Å². The Morgan fingerprint density at radius 2 is 1.85 bits per heavy atom. The second-order valence-electron chi connectivity index (χ2n) is 11.7. The van der Waals surface area contributed by atoms with Gasteiger partial charge in [-0.05, 0) is 81.2 Å². The van der Waals surface area contributed by atoms with Gasteiger partial charge in [-0.1, -0.05) is 32.1 Å². The average Bonchev–Trinajstić information content (AvgIpc) is 2.94. The molecule has 5 heteroatoms. The number of allylic oxidation sites excluding steroid dienone is 3. The van der Waals surface area contributed by atoms with E-state index in [4.69, 9.17) is 4.74 Å². The Hall–Kier alpha value is -3.60. The molecule has 4 aliphatic rings. The Morgan fingerprint density at radius 1 is 1.10 bits per heavy atom. The molecule has 0 saturated heterocycles. The molecule has 0 fully saturated rings. The normalized spacial score (nSPS) is 17.9. The van der Waals surface area contributed by atoms with E-state index in [-0.39, 0.29) is 5.57 Å². The van der Waals surface area contributed by atoms with E-state index in [1.54, 1.807) is 6.08 Å². The third-order valence-electron chi connectivity index (χ3n) is 9.08. The van der Waals surface area contributed by atoms with Crippen molar-refractivity contribution in [3.63, 3.8) is 0 Å². The second kappa shape index (κ2) is 10.4. The minimum atomic E-state index is -0.949. The zero-order valence-corrected chi connectivity index (χ0v) is 24.5. The van der Waals surface area contributed by atoms with E-state index in [0.717, 1.165) is 104 Å². The quantitative estimate of drug-likeness (QED) is 0.311. The zero-order chi connectivity index (χ0) is 28.1. The molecule has 4 heterocycles. The summed E-state index contributed by atoms with van der Waals surface area (Å²) in [7, 11) is 2.18. The average molecular weight is 538 g/mol. The van der Waals surface area contributed by atoms with Crippen molar-refractivity contribution in [2.24, 2.45) is 0 Å². The third kappa shape index (κ3) is 4.22. The van der Waals surface area contributed by atoms with E-state index in [2.05, 4.69) is 55.2 Å². The summed E-state index contributed by atoms with van der Waals surface area (Å²) < 4.78 is 9.41. The molecule has 4 aliphatic heterocycles. The first-order chi connectivity index (χ1) is 19.3. The summed E-state index contributed by atoms with van der Waals surface area (Å²) in [6, 6.07) is 4.55. The number of aryl methyl sites for hydroxylation is 2. The molecule has 0 aliphatic carbocycles. The minimum Gasteiger partial charge on any atom is -0.478 e. The van der Waals surface area contributed by atoms with Crippen molar-refractivity contribution in [1.29, 1.82) is 0 Å². The molecule has 2 aromatic rings. The molecule has 0 amide bonds. The first kappa shape index (κ1) is 26.6. The first-order valence-corrected chi connectivity index (χ1v) is 15.0. The van der Waals surface area contributed by atoms with Gasteiger partial charge in [0.1, 0.15) is 25.1 Å². The fraction of sp³-hybridized carbons (Fsp3) is 0.429. The smallest absolute Gasteiger partial charge is 0.336 e. The van der Waals surface area contributed by atoms with Crippen LogP contribution >= 0.6 is 0 Å². The van der Waals surface area contributed by atoms with E-state index < -0.39 is 5.97 Å². The molecule has 2 aromatic carbocycles. The number of carboxylic acids is 1. The highest BCUT2D eigenvalue weighted by atomic mass is 16.5. The van der Waals surface area contributed by atoms with E-state index in [9.17, 15) is 9.90 Å². The van der Waals surface area contributed by atoms with Gasteiger partial charge in [-0.2, -0.15) is 0 Å². The van der Waals surface area contributed by atoms with Crippen LogP contribution < -0.4 is 24.8 Å². The van der Waals surface area contributed by atoms with E-state index in [0.29, 0.717) is 5.57 Å². The van der Waals surface area contributed by atoms with Crippen molar-refractivity contribution >= 4 is 17.2 Å². The maximum Gasteiger partial charge on any atom is 0.336 e. The summed E-state index contributed by atoms with van der Waals surface area (Å²) in [4.78, 5) is 15.3. The number of nitrogens with zero attached hydrogens (tertiary/aromatic N) is 2. The lowest BCUT2D eigenvalue weighted by Gasteiger charge is -2.39. The lowest BCUT2D eigenvalue weighted by molar-refractivity contribution is -0.132. The molecule has 0 bridgehead atoms. The highest BCUT2D eigenvalue weighted by Gasteiger charge is 2.35. The number of hydrogen-bond acceptors (Lipinski definition) is 3.